The number of esters is 2. The number of anilines is 1. The van der Waals surface area contributed by atoms with E-state index in [1.165, 1.54) is 17.7 Å². The van der Waals surface area contributed by atoms with Crippen molar-refractivity contribution >= 4 is 29.4 Å². The van der Waals surface area contributed by atoms with Gasteiger partial charge in [0, 0.05) is 31.1 Å². The van der Waals surface area contributed by atoms with Gasteiger partial charge in [0.15, 0.2) is 0 Å². The molecule has 2 atom stereocenters. The quantitative estimate of drug-likeness (QED) is 0.124. The fraction of sp³-hybridized carbons (Fsp3) is 0.450. The molecule has 8 nitrogen and oxygen atoms in total. The first-order chi connectivity index (χ1) is 23.9. The van der Waals surface area contributed by atoms with Crippen molar-refractivity contribution in [3.8, 4) is 0 Å². The zero-order valence-electron chi connectivity index (χ0n) is 30.0. The Kier molecular flexibility index (Phi) is 10.8. The van der Waals surface area contributed by atoms with Crippen molar-refractivity contribution in [1.82, 2.24) is 9.80 Å². The number of alkyl halides is 3. The number of rotatable bonds is 11. The van der Waals surface area contributed by atoms with Crippen LogP contribution < -0.4 is 5.32 Å². The number of fused-ring (bicyclic) bond motifs is 1. The number of halogens is 3. The predicted molar refractivity (Wildman–Crippen MR) is 189 cm³/mol. The molecule has 2 aliphatic carbocycles. The normalized spacial score (nSPS) is 18.8. The summed E-state index contributed by atoms with van der Waals surface area (Å²) in [7, 11) is 3.94. The molecule has 0 radical (unpaired) electrons. The standard InChI is InChI=1S/C40H46F3N3O5/c1-38(2)20-21-39(3,4)33-29(38)18-19-30(44-34(47)26-14-16-27(17-15-26)36(49)51-37(50)40(41,42)43)32(33)35(48)46(6)23-11-10-22-45(5)31-24-28(31)25-12-8-7-9-13-25/h7-9,12-19,28,31H,10-11,20-24H2,1-6H3,(H,44,47). The van der Waals surface area contributed by atoms with E-state index in [0.717, 1.165) is 61.9 Å². The number of benzene rings is 3. The van der Waals surface area contributed by atoms with Crippen LogP contribution in [-0.4, -0.2) is 73.0 Å². The highest BCUT2D eigenvalue weighted by Gasteiger charge is 2.44. The van der Waals surface area contributed by atoms with E-state index >= 15 is 0 Å². The Morgan fingerprint density at radius 2 is 1.43 bits per heavy atom. The Hall–Kier alpha value is -4.51. The molecule has 3 aromatic carbocycles. The summed E-state index contributed by atoms with van der Waals surface area (Å²) in [4.78, 5) is 55.1. The van der Waals surface area contributed by atoms with Crippen LogP contribution in [0.2, 0.25) is 0 Å². The van der Waals surface area contributed by atoms with Gasteiger partial charge in [-0.2, -0.15) is 13.2 Å². The minimum Gasteiger partial charge on any atom is -0.383 e. The number of hydrogen-bond donors (Lipinski definition) is 1. The lowest BCUT2D eigenvalue weighted by Gasteiger charge is -2.43. The third kappa shape index (κ3) is 8.52. The maximum atomic E-state index is 14.4. The zero-order chi connectivity index (χ0) is 37.3. The van der Waals surface area contributed by atoms with Crippen molar-refractivity contribution in [1.29, 1.82) is 0 Å². The number of amides is 2. The Labute approximate surface area is 297 Å². The first-order valence-corrected chi connectivity index (χ1v) is 17.3. The smallest absolute Gasteiger partial charge is 0.383 e. The van der Waals surface area contributed by atoms with Crippen molar-refractivity contribution in [2.24, 2.45) is 0 Å². The molecular formula is C40H46F3N3O5. The van der Waals surface area contributed by atoms with Crippen molar-refractivity contribution < 1.29 is 37.1 Å². The van der Waals surface area contributed by atoms with Crippen molar-refractivity contribution in [2.45, 2.75) is 88.8 Å². The minimum atomic E-state index is -5.32. The largest absolute Gasteiger partial charge is 0.491 e. The van der Waals surface area contributed by atoms with Gasteiger partial charge in [-0.05, 0) is 104 Å². The second kappa shape index (κ2) is 14.6. The average Bonchev–Trinajstić information content (AvgIpc) is 3.89. The number of ether oxygens (including phenoxy) is 1. The number of nitrogens with one attached hydrogen (secondary N) is 1. The molecule has 5 rings (SSSR count). The molecular weight excluding hydrogens is 659 g/mol. The van der Waals surface area contributed by atoms with Crippen LogP contribution in [0.3, 0.4) is 0 Å². The summed E-state index contributed by atoms with van der Waals surface area (Å²) in [5.41, 5.74) is 3.34. The van der Waals surface area contributed by atoms with Gasteiger partial charge in [-0.1, -0.05) is 64.1 Å². The molecule has 2 amide bonds. The monoisotopic (exact) mass is 705 g/mol. The minimum absolute atomic E-state index is 0.0899. The zero-order valence-corrected chi connectivity index (χ0v) is 30.0. The van der Waals surface area contributed by atoms with Crippen LogP contribution in [0.15, 0.2) is 66.7 Å². The van der Waals surface area contributed by atoms with Gasteiger partial charge in [0.1, 0.15) is 0 Å². The second-order valence-corrected chi connectivity index (χ2v) is 15.1. The van der Waals surface area contributed by atoms with Crippen LogP contribution in [0.25, 0.3) is 0 Å². The van der Waals surface area contributed by atoms with Crippen LogP contribution in [0.5, 0.6) is 0 Å². The molecule has 1 saturated carbocycles. The number of nitrogens with zero attached hydrogens (tertiary/aromatic N) is 2. The molecule has 0 bridgehead atoms. The van der Waals surface area contributed by atoms with Crippen molar-refractivity contribution in [3.63, 3.8) is 0 Å². The fourth-order valence-electron chi connectivity index (χ4n) is 7.13. The van der Waals surface area contributed by atoms with Gasteiger partial charge < -0.3 is 19.9 Å². The van der Waals surface area contributed by atoms with E-state index < -0.39 is 24.0 Å². The number of carbonyl (C=O) groups excluding carboxylic acids is 4. The number of hydrogen-bond acceptors (Lipinski definition) is 6. The topological polar surface area (TPSA) is 96.0 Å². The number of carbonyl (C=O) groups is 4. The summed E-state index contributed by atoms with van der Waals surface area (Å²) in [6.07, 6.45) is -0.653. The van der Waals surface area contributed by atoms with E-state index in [1.807, 2.05) is 12.1 Å². The van der Waals surface area contributed by atoms with E-state index in [0.29, 0.717) is 29.8 Å². The molecule has 3 aromatic rings. The highest BCUT2D eigenvalue weighted by Crippen LogP contribution is 2.49. The number of unbranched alkanes of at least 4 members (excludes halogenated alkanes) is 1. The van der Waals surface area contributed by atoms with Crippen LogP contribution in [0.1, 0.15) is 113 Å². The van der Waals surface area contributed by atoms with Gasteiger partial charge in [-0.15, -0.1) is 0 Å². The predicted octanol–water partition coefficient (Wildman–Crippen LogP) is 7.87. The van der Waals surface area contributed by atoms with Crippen LogP contribution in [0.4, 0.5) is 18.9 Å². The summed E-state index contributed by atoms with van der Waals surface area (Å²) in [5.74, 6) is -4.33. The summed E-state index contributed by atoms with van der Waals surface area (Å²) in [6.45, 7) is 10.0. The third-order valence-corrected chi connectivity index (χ3v) is 10.4. The van der Waals surface area contributed by atoms with E-state index in [4.69, 9.17) is 0 Å². The van der Waals surface area contributed by atoms with Crippen LogP contribution >= 0.6 is 0 Å². The maximum absolute atomic E-state index is 14.4. The van der Waals surface area contributed by atoms with Gasteiger partial charge >= 0.3 is 18.1 Å². The Morgan fingerprint density at radius 1 is 0.824 bits per heavy atom. The van der Waals surface area contributed by atoms with Gasteiger partial charge in [-0.25, -0.2) is 9.59 Å². The Morgan fingerprint density at radius 3 is 2.08 bits per heavy atom. The van der Waals surface area contributed by atoms with Gasteiger partial charge in [0.2, 0.25) is 0 Å². The molecule has 2 unspecified atom stereocenters. The van der Waals surface area contributed by atoms with E-state index in [2.05, 4.69) is 74.0 Å². The molecule has 2 aliphatic rings. The molecule has 1 N–H and O–H groups in total. The Balaban J connectivity index is 1.30. The van der Waals surface area contributed by atoms with Crippen molar-refractivity contribution in [3.05, 3.63) is 100 Å². The lowest BCUT2D eigenvalue weighted by molar-refractivity contribution is -0.193. The lowest BCUT2D eigenvalue weighted by Crippen LogP contribution is -2.38. The first kappa shape index (κ1) is 37.7. The number of likely N-dealkylation sites (N-methyl/N-ethyl adjacent to an activating group) is 1. The average molecular weight is 706 g/mol. The molecule has 11 heteroatoms. The summed E-state index contributed by atoms with van der Waals surface area (Å²) >= 11 is 0. The second-order valence-electron chi connectivity index (χ2n) is 15.1. The summed E-state index contributed by atoms with van der Waals surface area (Å²) < 4.78 is 41.5. The molecule has 272 valence electrons. The van der Waals surface area contributed by atoms with Crippen LogP contribution in [0, 0.1) is 0 Å². The molecule has 1 fully saturated rings. The van der Waals surface area contributed by atoms with Crippen LogP contribution in [-0.2, 0) is 20.4 Å². The van der Waals surface area contributed by atoms with Gasteiger partial charge in [0.05, 0.1) is 16.8 Å². The van der Waals surface area contributed by atoms with Gasteiger partial charge in [0.25, 0.3) is 11.8 Å². The SMILES string of the molecule is CN(CCCCN(C)C1CC1c1ccccc1)C(=O)c1c(NC(=O)c2ccc(C(=O)OC(=O)C(F)(F)F)cc2)ccc2c1C(C)(C)CCC2(C)C. The molecule has 0 aliphatic heterocycles. The highest BCUT2D eigenvalue weighted by molar-refractivity contribution is 6.10. The third-order valence-electron chi connectivity index (χ3n) is 10.4. The van der Waals surface area contributed by atoms with E-state index in [-0.39, 0.29) is 27.9 Å². The lowest BCUT2D eigenvalue weighted by atomic mass is 9.61. The maximum Gasteiger partial charge on any atom is 0.491 e. The summed E-state index contributed by atoms with van der Waals surface area (Å²) in [6, 6.07) is 19.5. The fourth-order valence-corrected chi connectivity index (χ4v) is 7.13. The molecule has 0 aromatic heterocycles. The highest BCUT2D eigenvalue weighted by atomic mass is 19.4. The summed E-state index contributed by atoms with van der Waals surface area (Å²) in [5, 5.41) is 2.89. The first-order valence-electron chi connectivity index (χ1n) is 17.3. The molecule has 51 heavy (non-hydrogen) atoms. The molecule has 0 saturated heterocycles. The molecule has 0 heterocycles. The Bertz CT molecular complexity index is 1790. The molecule has 0 spiro atoms. The van der Waals surface area contributed by atoms with Gasteiger partial charge in [-0.3, -0.25) is 9.59 Å². The van der Waals surface area contributed by atoms with Crippen molar-refractivity contribution in [2.75, 3.05) is 32.5 Å². The van der Waals surface area contributed by atoms with E-state index in [9.17, 15) is 32.3 Å². The van der Waals surface area contributed by atoms with E-state index in [1.54, 1.807) is 18.0 Å².